The molecule has 8 heteroatoms. The van der Waals surface area contributed by atoms with Crippen LogP contribution in [-0.2, 0) is 15.8 Å². The number of halogens is 2. The van der Waals surface area contributed by atoms with Crippen LogP contribution in [0.15, 0.2) is 42.7 Å². The van der Waals surface area contributed by atoms with E-state index in [-0.39, 0.29) is 24.2 Å². The van der Waals surface area contributed by atoms with Crippen molar-refractivity contribution in [3.8, 4) is 5.75 Å². The van der Waals surface area contributed by atoms with Crippen molar-refractivity contribution in [2.45, 2.75) is 24.7 Å². The third-order valence-corrected chi connectivity index (χ3v) is 6.13. The maximum absolute atomic E-state index is 13.0. The van der Waals surface area contributed by atoms with Crippen LogP contribution in [-0.4, -0.2) is 36.9 Å². The predicted octanol–water partition coefficient (Wildman–Crippen LogP) is 3.25. The first-order valence-electron chi connectivity index (χ1n) is 7.92. The highest BCUT2D eigenvalue weighted by Gasteiger charge is 2.30. The third-order valence-electron chi connectivity index (χ3n) is 4.03. The molecule has 0 radical (unpaired) electrons. The maximum Gasteiger partial charge on any atom is 0.218 e. The molecule has 0 aliphatic carbocycles. The standard InChI is InChI=1S/C17H18ClFN2O3S/c18-16-10-20-8-7-17(16)24-15-2-1-9-21(11-15)25(22,23)12-13-3-5-14(19)6-4-13/h3-8,10,15H,1-2,9,11-12H2. The lowest BCUT2D eigenvalue weighted by Gasteiger charge is -2.32. The van der Waals surface area contributed by atoms with E-state index >= 15 is 0 Å². The molecule has 1 aromatic heterocycles. The van der Waals surface area contributed by atoms with Crippen molar-refractivity contribution in [2.75, 3.05) is 13.1 Å². The highest BCUT2D eigenvalue weighted by molar-refractivity contribution is 7.88. The first kappa shape index (κ1) is 18.1. The van der Waals surface area contributed by atoms with Gasteiger partial charge in [0.2, 0.25) is 10.0 Å². The molecule has 0 N–H and O–H groups in total. The summed E-state index contributed by atoms with van der Waals surface area (Å²) in [5.74, 6) is -0.0445. The van der Waals surface area contributed by atoms with Gasteiger partial charge in [-0.05, 0) is 30.5 Å². The Kier molecular flexibility index (Phi) is 5.56. The van der Waals surface area contributed by atoms with Crippen molar-refractivity contribution >= 4 is 21.6 Å². The maximum atomic E-state index is 13.0. The molecule has 1 fully saturated rings. The number of pyridine rings is 1. The Labute approximate surface area is 151 Å². The smallest absolute Gasteiger partial charge is 0.218 e. The number of benzene rings is 1. The van der Waals surface area contributed by atoms with Gasteiger partial charge in [-0.2, -0.15) is 4.31 Å². The zero-order valence-corrected chi connectivity index (χ0v) is 15.0. The van der Waals surface area contributed by atoms with Crippen molar-refractivity contribution in [1.82, 2.24) is 9.29 Å². The van der Waals surface area contributed by atoms with Crippen molar-refractivity contribution in [3.63, 3.8) is 0 Å². The molecule has 0 amide bonds. The van der Waals surface area contributed by atoms with Crippen molar-refractivity contribution in [2.24, 2.45) is 0 Å². The topological polar surface area (TPSA) is 59.5 Å². The molecule has 0 bridgehead atoms. The Morgan fingerprint density at radius 3 is 2.76 bits per heavy atom. The average molecular weight is 385 g/mol. The molecule has 0 spiro atoms. The van der Waals surface area contributed by atoms with Crippen LogP contribution in [0.5, 0.6) is 5.75 Å². The molecule has 134 valence electrons. The van der Waals surface area contributed by atoms with E-state index in [1.807, 2.05) is 0 Å². The van der Waals surface area contributed by atoms with Gasteiger partial charge in [0, 0.05) is 25.0 Å². The van der Waals surface area contributed by atoms with Gasteiger partial charge in [-0.15, -0.1) is 0 Å². The van der Waals surface area contributed by atoms with Crippen LogP contribution in [0.3, 0.4) is 0 Å². The lowest BCUT2D eigenvalue weighted by molar-refractivity contribution is 0.129. The van der Waals surface area contributed by atoms with Crippen molar-refractivity contribution < 1.29 is 17.5 Å². The largest absolute Gasteiger partial charge is 0.487 e. The quantitative estimate of drug-likeness (QED) is 0.794. The zero-order valence-electron chi connectivity index (χ0n) is 13.4. The van der Waals surface area contributed by atoms with E-state index in [0.717, 1.165) is 6.42 Å². The highest BCUT2D eigenvalue weighted by atomic mass is 35.5. The lowest BCUT2D eigenvalue weighted by Crippen LogP contribution is -2.44. The number of nitrogens with zero attached hydrogens (tertiary/aromatic N) is 2. The molecule has 1 aliphatic heterocycles. The Morgan fingerprint density at radius 1 is 1.28 bits per heavy atom. The third kappa shape index (κ3) is 4.68. The van der Waals surface area contributed by atoms with Gasteiger partial charge in [0.1, 0.15) is 22.7 Å². The summed E-state index contributed by atoms with van der Waals surface area (Å²) < 4.78 is 45.5. The van der Waals surface area contributed by atoms with E-state index in [1.165, 1.54) is 34.8 Å². The molecule has 5 nitrogen and oxygen atoms in total. The van der Waals surface area contributed by atoms with Gasteiger partial charge < -0.3 is 4.74 Å². The number of piperidine rings is 1. The number of ether oxygens (including phenoxy) is 1. The molecule has 25 heavy (non-hydrogen) atoms. The summed E-state index contributed by atoms with van der Waals surface area (Å²) in [6.45, 7) is 0.718. The predicted molar refractivity (Wildman–Crippen MR) is 93.5 cm³/mol. The molecule has 1 aromatic carbocycles. The summed E-state index contributed by atoms with van der Waals surface area (Å²) >= 11 is 6.04. The van der Waals surface area contributed by atoms with E-state index in [2.05, 4.69) is 4.98 Å². The fraction of sp³-hybridized carbons (Fsp3) is 0.353. The molecule has 3 rings (SSSR count). The Balaban J connectivity index is 1.67. The van der Waals surface area contributed by atoms with Crippen LogP contribution in [0, 0.1) is 5.82 Å². The monoisotopic (exact) mass is 384 g/mol. The average Bonchev–Trinajstić information content (AvgIpc) is 2.59. The first-order valence-corrected chi connectivity index (χ1v) is 9.91. The molecule has 1 aliphatic rings. The number of hydrogen-bond acceptors (Lipinski definition) is 4. The number of sulfonamides is 1. The van der Waals surface area contributed by atoms with Gasteiger partial charge >= 0.3 is 0 Å². The molecule has 2 aromatic rings. The normalized spacial score (nSPS) is 18.9. The molecule has 1 atom stereocenters. The Bertz CT molecular complexity index is 830. The second-order valence-electron chi connectivity index (χ2n) is 5.93. The number of hydrogen-bond donors (Lipinski definition) is 0. The highest BCUT2D eigenvalue weighted by Crippen LogP contribution is 2.26. The van der Waals surface area contributed by atoms with Crippen LogP contribution in [0.25, 0.3) is 0 Å². The fourth-order valence-corrected chi connectivity index (χ4v) is 4.53. The van der Waals surface area contributed by atoms with Crippen molar-refractivity contribution in [1.29, 1.82) is 0 Å². The molecule has 2 heterocycles. The summed E-state index contributed by atoms with van der Waals surface area (Å²) in [5.41, 5.74) is 0.557. The van der Waals surface area contributed by atoms with E-state index in [9.17, 15) is 12.8 Å². The van der Waals surface area contributed by atoms with Gasteiger partial charge in [0.05, 0.1) is 12.3 Å². The van der Waals surface area contributed by atoms with Crippen LogP contribution in [0.4, 0.5) is 4.39 Å². The summed E-state index contributed by atoms with van der Waals surface area (Å²) in [6, 6.07) is 7.16. The second-order valence-corrected chi connectivity index (χ2v) is 8.30. The van der Waals surface area contributed by atoms with E-state index in [0.29, 0.717) is 29.3 Å². The molecule has 0 saturated carbocycles. The van der Waals surface area contributed by atoms with Gasteiger partial charge in [0.15, 0.2) is 0 Å². The summed E-state index contributed by atoms with van der Waals surface area (Å²) in [5, 5.41) is 0.397. The zero-order chi connectivity index (χ0) is 17.9. The molecule has 1 unspecified atom stereocenters. The summed E-state index contributed by atoms with van der Waals surface area (Å²) in [6.07, 6.45) is 4.25. The number of aromatic nitrogens is 1. The Hall–Kier alpha value is -1.70. The minimum Gasteiger partial charge on any atom is -0.487 e. The summed E-state index contributed by atoms with van der Waals surface area (Å²) in [4.78, 5) is 3.90. The van der Waals surface area contributed by atoms with Gasteiger partial charge in [-0.1, -0.05) is 23.7 Å². The van der Waals surface area contributed by atoms with Gasteiger partial charge in [-0.3, -0.25) is 4.98 Å². The van der Waals surface area contributed by atoms with Crippen LogP contribution < -0.4 is 4.74 Å². The SMILES string of the molecule is O=S(=O)(Cc1ccc(F)cc1)N1CCCC(Oc2ccncc2Cl)C1. The van der Waals surface area contributed by atoms with E-state index in [1.54, 1.807) is 12.3 Å². The van der Waals surface area contributed by atoms with Crippen molar-refractivity contribution in [3.05, 3.63) is 59.1 Å². The minimum atomic E-state index is -3.50. The first-order chi connectivity index (χ1) is 11.9. The van der Waals surface area contributed by atoms with Crippen LogP contribution in [0.2, 0.25) is 5.02 Å². The van der Waals surface area contributed by atoms with Crippen LogP contribution >= 0.6 is 11.6 Å². The molecule has 1 saturated heterocycles. The Morgan fingerprint density at radius 2 is 2.04 bits per heavy atom. The molecular weight excluding hydrogens is 367 g/mol. The van der Waals surface area contributed by atoms with Gasteiger partial charge in [0.25, 0.3) is 0 Å². The number of rotatable bonds is 5. The van der Waals surface area contributed by atoms with E-state index in [4.69, 9.17) is 16.3 Å². The van der Waals surface area contributed by atoms with Crippen LogP contribution in [0.1, 0.15) is 18.4 Å². The summed E-state index contributed by atoms with van der Waals surface area (Å²) in [7, 11) is -3.50. The van der Waals surface area contributed by atoms with Gasteiger partial charge in [-0.25, -0.2) is 12.8 Å². The second kappa shape index (κ2) is 7.68. The molecular formula is C17H18ClFN2O3S. The lowest BCUT2D eigenvalue weighted by atomic mass is 10.1. The fourth-order valence-electron chi connectivity index (χ4n) is 2.77. The van der Waals surface area contributed by atoms with E-state index < -0.39 is 10.0 Å². The minimum absolute atomic E-state index is 0.157.